The normalized spacial score (nSPS) is 10.4. The van der Waals surface area contributed by atoms with Crippen LogP contribution in [-0.4, -0.2) is 18.4 Å². The summed E-state index contributed by atoms with van der Waals surface area (Å²) >= 11 is 18.0. The Bertz CT molecular complexity index is 794. The van der Waals surface area contributed by atoms with Gasteiger partial charge in [-0.15, -0.1) is 0 Å². The Balaban J connectivity index is 1.80. The number of anilines is 1. The molecule has 0 aliphatic heterocycles. The number of amides is 2. The largest absolute Gasteiger partial charge is 0.347 e. The van der Waals surface area contributed by atoms with Crippen molar-refractivity contribution in [2.75, 3.05) is 11.9 Å². The van der Waals surface area contributed by atoms with E-state index >= 15 is 0 Å². The van der Waals surface area contributed by atoms with Gasteiger partial charge in [-0.1, -0.05) is 53.0 Å². The van der Waals surface area contributed by atoms with Crippen molar-refractivity contribution in [3.8, 4) is 0 Å². The van der Waals surface area contributed by atoms with Crippen molar-refractivity contribution in [3.63, 3.8) is 0 Å². The first kappa shape index (κ1) is 19.6. The van der Waals surface area contributed by atoms with Gasteiger partial charge in [-0.2, -0.15) is 0 Å². The maximum Gasteiger partial charge on any atom is 0.243 e. The summed E-state index contributed by atoms with van der Waals surface area (Å²) < 4.78 is 0. The lowest BCUT2D eigenvalue weighted by molar-refractivity contribution is -0.124. The average molecular weight is 400 g/mol. The highest BCUT2D eigenvalue weighted by molar-refractivity contribution is 6.42. The molecule has 2 aromatic rings. The number of halogens is 3. The molecule has 0 fully saturated rings. The number of carbonyl (C=O) groups excluding carboxylic acids is 2. The molecule has 0 unspecified atom stereocenters. The molecule has 2 rings (SSSR count). The lowest BCUT2D eigenvalue weighted by atomic mass is 10.1. The summed E-state index contributed by atoms with van der Waals surface area (Å²) in [6.07, 6.45) is 0.657. The highest BCUT2D eigenvalue weighted by Crippen LogP contribution is 2.26. The summed E-state index contributed by atoms with van der Waals surface area (Å²) in [7, 11) is 0. The molecule has 0 saturated heterocycles. The molecule has 0 spiro atoms. The molecule has 0 aliphatic carbocycles. The van der Waals surface area contributed by atoms with Crippen LogP contribution < -0.4 is 10.6 Å². The van der Waals surface area contributed by atoms with Crippen LogP contribution >= 0.6 is 34.8 Å². The number of hydrogen-bond acceptors (Lipinski definition) is 2. The summed E-state index contributed by atoms with van der Waals surface area (Å²) in [6.45, 7) is 1.69. The quantitative estimate of drug-likeness (QED) is 0.743. The Labute approximate surface area is 161 Å². The second kappa shape index (κ2) is 9.09. The average Bonchev–Trinajstić information content (AvgIpc) is 2.58. The molecule has 2 N–H and O–H groups in total. The van der Waals surface area contributed by atoms with Crippen LogP contribution in [0.3, 0.4) is 0 Å². The van der Waals surface area contributed by atoms with E-state index in [-0.39, 0.29) is 24.8 Å². The smallest absolute Gasteiger partial charge is 0.243 e. The van der Waals surface area contributed by atoms with E-state index in [9.17, 15) is 9.59 Å². The predicted octanol–water partition coefficient (Wildman–Crippen LogP) is 4.64. The zero-order valence-corrected chi connectivity index (χ0v) is 15.8. The van der Waals surface area contributed by atoms with E-state index in [2.05, 4.69) is 10.6 Å². The highest BCUT2D eigenvalue weighted by atomic mass is 35.5. The van der Waals surface area contributed by atoms with Crippen molar-refractivity contribution in [2.24, 2.45) is 0 Å². The van der Waals surface area contributed by atoms with E-state index in [1.165, 1.54) is 0 Å². The minimum absolute atomic E-state index is 0.117. The maximum atomic E-state index is 11.9. The molecule has 0 aliphatic rings. The zero-order chi connectivity index (χ0) is 18.4. The van der Waals surface area contributed by atoms with Gasteiger partial charge in [0.25, 0.3) is 0 Å². The standard InChI is InChI=1S/C18H17Cl3N2O2/c1-11-13(19)5-3-7-15(11)23-17(25)10-22-16(24)9-8-12-4-2-6-14(20)18(12)21/h2-7H,8-10H2,1H3,(H,22,24)(H,23,25). The molecule has 0 saturated carbocycles. The highest BCUT2D eigenvalue weighted by Gasteiger charge is 2.10. The Morgan fingerprint density at radius 2 is 1.64 bits per heavy atom. The van der Waals surface area contributed by atoms with Crippen LogP contribution in [0.15, 0.2) is 36.4 Å². The number of aryl methyl sites for hydroxylation is 1. The molecule has 132 valence electrons. The Morgan fingerprint density at radius 1 is 0.960 bits per heavy atom. The fourth-order valence-electron chi connectivity index (χ4n) is 2.19. The number of carbonyl (C=O) groups is 2. The molecule has 4 nitrogen and oxygen atoms in total. The van der Waals surface area contributed by atoms with Gasteiger partial charge < -0.3 is 10.6 Å². The van der Waals surface area contributed by atoms with Crippen molar-refractivity contribution in [1.82, 2.24) is 5.32 Å². The molecule has 7 heteroatoms. The molecule has 0 bridgehead atoms. The van der Waals surface area contributed by atoms with Crippen molar-refractivity contribution in [3.05, 3.63) is 62.6 Å². The lowest BCUT2D eigenvalue weighted by Gasteiger charge is -2.10. The van der Waals surface area contributed by atoms with E-state index in [0.717, 1.165) is 11.1 Å². The van der Waals surface area contributed by atoms with E-state index in [1.807, 2.05) is 13.0 Å². The van der Waals surface area contributed by atoms with Gasteiger partial charge in [0.2, 0.25) is 11.8 Å². The molecular weight excluding hydrogens is 383 g/mol. The number of benzene rings is 2. The molecule has 0 radical (unpaired) electrons. The van der Waals surface area contributed by atoms with Gasteiger partial charge in [0.05, 0.1) is 16.6 Å². The molecular formula is C18H17Cl3N2O2. The topological polar surface area (TPSA) is 58.2 Å². The maximum absolute atomic E-state index is 11.9. The third-order valence-electron chi connectivity index (χ3n) is 3.64. The molecule has 0 heterocycles. The van der Waals surface area contributed by atoms with Crippen LogP contribution in [-0.2, 0) is 16.0 Å². The van der Waals surface area contributed by atoms with E-state index in [0.29, 0.717) is 27.2 Å². The monoisotopic (exact) mass is 398 g/mol. The first-order valence-electron chi connectivity index (χ1n) is 7.63. The second-order valence-corrected chi connectivity index (χ2v) is 6.64. The van der Waals surface area contributed by atoms with Gasteiger partial charge >= 0.3 is 0 Å². The van der Waals surface area contributed by atoms with Crippen LogP contribution in [0.4, 0.5) is 5.69 Å². The van der Waals surface area contributed by atoms with Crippen LogP contribution in [0.2, 0.25) is 15.1 Å². The Morgan fingerprint density at radius 3 is 2.40 bits per heavy atom. The van der Waals surface area contributed by atoms with Crippen LogP contribution in [0.25, 0.3) is 0 Å². The minimum atomic E-state index is -0.320. The minimum Gasteiger partial charge on any atom is -0.347 e. The first-order chi connectivity index (χ1) is 11.9. The van der Waals surface area contributed by atoms with Crippen molar-refractivity contribution >= 4 is 52.3 Å². The Hall–Kier alpha value is -1.75. The van der Waals surface area contributed by atoms with Gasteiger partial charge in [0.15, 0.2) is 0 Å². The summed E-state index contributed by atoms with van der Waals surface area (Å²) in [6, 6.07) is 10.5. The first-order valence-corrected chi connectivity index (χ1v) is 8.76. The fourth-order valence-corrected chi connectivity index (χ4v) is 2.78. The number of nitrogens with one attached hydrogen (secondary N) is 2. The summed E-state index contributed by atoms with van der Waals surface area (Å²) in [5.41, 5.74) is 2.19. The molecule has 0 atom stereocenters. The zero-order valence-electron chi connectivity index (χ0n) is 13.5. The molecule has 2 aromatic carbocycles. The van der Waals surface area contributed by atoms with Crippen LogP contribution in [0.5, 0.6) is 0 Å². The summed E-state index contributed by atoms with van der Waals surface area (Å²) in [5.74, 6) is -0.562. The molecule has 0 aromatic heterocycles. The number of rotatable bonds is 6. The number of hydrogen-bond donors (Lipinski definition) is 2. The third kappa shape index (κ3) is 5.63. The fraction of sp³-hybridized carbons (Fsp3) is 0.222. The molecule has 2 amide bonds. The summed E-state index contributed by atoms with van der Waals surface area (Å²) in [5, 5.41) is 6.78. The molecule has 25 heavy (non-hydrogen) atoms. The van der Waals surface area contributed by atoms with Crippen molar-refractivity contribution in [2.45, 2.75) is 19.8 Å². The van der Waals surface area contributed by atoms with Gasteiger partial charge in [-0.3, -0.25) is 9.59 Å². The van der Waals surface area contributed by atoms with Gasteiger partial charge in [-0.05, 0) is 42.7 Å². The van der Waals surface area contributed by atoms with Crippen molar-refractivity contribution in [1.29, 1.82) is 0 Å². The second-order valence-electron chi connectivity index (χ2n) is 5.45. The van der Waals surface area contributed by atoms with Gasteiger partial charge in [-0.25, -0.2) is 0 Å². The predicted molar refractivity (Wildman–Crippen MR) is 103 cm³/mol. The summed E-state index contributed by atoms with van der Waals surface area (Å²) in [4.78, 5) is 23.8. The van der Waals surface area contributed by atoms with Crippen LogP contribution in [0, 0.1) is 6.92 Å². The van der Waals surface area contributed by atoms with Gasteiger partial charge in [0.1, 0.15) is 0 Å². The SMILES string of the molecule is Cc1c(Cl)cccc1NC(=O)CNC(=O)CCc1cccc(Cl)c1Cl. The van der Waals surface area contributed by atoms with Gasteiger partial charge in [0, 0.05) is 17.1 Å². The Kier molecular flexibility index (Phi) is 7.12. The van der Waals surface area contributed by atoms with Crippen molar-refractivity contribution < 1.29 is 9.59 Å². The van der Waals surface area contributed by atoms with E-state index in [4.69, 9.17) is 34.8 Å². The third-order valence-corrected chi connectivity index (χ3v) is 4.91. The van der Waals surface area contributed by atoms with E-state index in [1.54, 1.807) is 30.3 Å². The van der Waals surface area contributed by atoms with Crippen LogP contribution in [0.1, 0.15) is 17.5 Å². The lowest BCUT2D eigenvalue weighted by Crippen LogP contribution is -2.33. The van der Waals surface area contributed by atoms with E-state index < -0.39 is 0 Å².